The van der Waals surface area contributed by atoms with Gasteiger partial charge in [-0.15, -0.1) is 11.6 Å². The van der Waals surface area contributed by atoms with E-state index in [1.807, 2.05) is 0 Å². The van der Waals surface area contributed by atoms with Gasteiger partial charge < -0.3 is 5.11 Å². The number of aliphatic hydroxyl groups excluding tert-OH is 1. The Kier molecular flexibility index (Phi) is 4.63. The Balaban J connectivity index is 2.37. The molecule has 1 fully saturated rings. The Morgan fingerprint density at radius 1 is 1.29 bits per heavy atom. The molecular weight excluding hydrogens is 226 g/mol. The molecule has 0 saturated heterocycles. The van der Waals surface area contributed by atoms with E-state index in [4.69, 9.17) is 11.6 Å². The van der Waals surface area contributed by atoms with Crippen LogP contribution in [0.2, 0.25) is 0 Å². The number of alkyl halides is 1. The van der Waals surface area contributed by atoms with Crippen LogP contribution < -0.4 is 4.72 Å². The molecule has 1 rings (SSSR count). The lowest BCUT2D eigenvalue weighted by molar-refractivity contribution is 0.120. The molecule has 0 heterocycles. The number of halogens is 1. The summed E-state index contributed by atoms with van der Waals surface area (Å²) in [6, 6.07) is -0.0217. The number of sulfonamides is 1. The van der Waals surface area contributed by atoms with E-state index in [1.165, 1.54) is 0 Å². The van der Waals surface area contributed by atoms with Gasteiger partial charge in [0.05, 0.1) is 11.9 Å². The highest BCUT2D eigenvalue weighted by molar-refractivity contribution is 7.89. The summed E-state index contributed by atoms with van der Waals surface area (Å²) in [5.41, 5.74) is 0. The first-order valence-corrected chi connectivity index (χ1v) is 6.96. The lowest BCUT2D eigenvalue weighted by Crippen LogP contribution is -2.39. The average molecular weight is 242 g/mol. The van der Waals surface area contributed by atoms with Gasteiger partial charge in [-0.2, -0.15) is 0 Å². The molecule has 0 aromatic heterocycles. The molecule has 6 heteroatoms. The molecule has 14 heavy (non-hydrogen) atoms. The maximum atomic E-state index is 11.3. The van der Waals surface area contributed by atoms with E-state index < -0.39 is 10.0 Å². The average Bonchev–Trinajstić information content (AvgIpc) is 2.08. The van der Waals surface area contributed by atoms with Crippen molar-refractivity contribution in [3.63, 3.8) is 0 Å². The van der Waals surface area contributed by atoms with Gasteiger partial charge in [0.1, 0.15) is 0 Å². The van der Waals surface area contributed by atoms with Gasteiger partial charge in [-0.3, -0.25) is 0 Å². The topological polar surface area (TPSA) is 66.4 Å². The quantitative estimate of drug-likeness (QED) is 0.703. The van der Waals surface area contributed by atoms with Crippen LogP contribution in [0.3, 0.4) is 0 Å². The molecule has 0 amide bonds. The Hall–Kier alpha value is 0.160. The minimum Gasteiger partial charge on any atom is -0.393 e. The molecule has 2 N–H and O–H groups in total. The molecule has 0 atom stereocenters. The van der Waals surface area contributed by atoms with Crippen molar-refractivity contribution in [2.75, 3.05) is 11.6 Å². The summed E-state index contributed by atoms with van der Waals surface area (Å²) in [5.74, 6) is 0.0816. The molecule has 0 radical (unpaired) electrons. The summed E-state index contributed by atoms with van der Waals surface area (Å²) in [6.45, 7) is 0. The third-order valence-corrected chi connectivity index (χ3v) is 4.24. The lowest BCUT2D eigenvalue weighted by atomic mass is 9.94. The van der Waals surface area contributed by atoms with Crippen molar-refractivity contribution in [2.45, 2.75) is 37.8 Å². The summed E-state index contributed by atoms with van der Waals surface area (Å²) in [6.07, 6.45) is 2.51. The number of rotatable bonds is 4. The Labute approximate surface area is 89.7 Å². The van der Waals surface area contributed by atoms with Crippen LogP contribution in [0.5, 0.6) is 0 Å². The van der Waals surface area contributed by atoms with E-state index in [0.717, 1.165) is 0 Å². The molecule has 0 aliphatic heterocycles. The zero-order chi connectivity index (χ0) is 10.6. The van der Waals surface area contributed by atoms with Gasteiger partial charge in [0.15, 0.2) is 0 Å². The molecule has 1 aliphatic carbocycles. The Morgan fingerprint density at radius 2 is 1.86 bits per heavy atom. The van der Waals surface area contributed by atoms with Crippen LogP contribution in [0.4, 0.5) is 0 Å². The fourth-order valence-corrected chi connectivity index (χ4v) is 3.28. The first-order chi connectivity index (χ1) is 6.53. The van der Waals surface area contributed by atoms with Crippen molar-refractivity contribution in [3.8, 4) is 0 Å². The second-order valence-corrected chi connectivity index (χ2v) is 5.88. The van der Waals surface area contributed by atoms with Crippen molar-refractivity contribution in [2.24, 2.45) is 0 Å². The zero-order valence-electron chi connectivity index (χ0n) is 7.95. The molecular formula is C8H16ClNO3S. The molecule has 0 unspecified atom stereocenters. The number of hydrogen-bond donors (Lipinski definition) is 2. The lowest BCUT2D eigenvalue weighted by Gasteiger charge is -2.25. The Bertz CT molecular complexity index is 260. The molecule has 0 aromatic rings. The fraction of sp³-hybridized carbons (Fsp3) is 1.00. The first kappa shape index (κ1) is 12.2. The molecule has 0 aromatic carbocycles. The second kappa shape index (κ2) is 5.30. The third kappa shape index (κ3) is 4.13. The van der Waals surface area contributed by atoms with Gasteiger partial charge in [0, 0.05) is 11.9 Å². The maximum absolute atomic E-state index is 11.3. The van der Waals surface area contributed by atoms with Crippen LogP contribution in [-0.2, 0) is 10.0 Å². The largest absolute Gasteiger partial charge is 0.393 e. The first-order valence-electron chi connectivity index (χ1n) is 4.77. The van der Waals surface area contributed by atoms with Crippen molar-refractivity contribution in [1.82, 2.24) is 4.72 Å². The molecule has 1 saturated carbocycles. The summed E-state index contributed by atoms with van der Waals surface area (Å²) in [7, 11) is -3.21. The number of hydrogen-bond acceptors (Lipinski definition) is 3. The Morgan fingerprint density at radius 3 is 2.36 bits per heavy atom. The predicted octanol–water partition coefficient (Wildman–Crippen LogP) is 0.448. The standard InChI is InChI=1S/C8H16ClNO3S/c9-5-6-14(12,13)10-7-1-3-8(11)4-2-7/h7-8,10-11H,1-6H2. The summed E-state index contributed by atoms with van der Waals surface area (Å²) < 4.78 is 25.2. The number of aliphatic hydroxyl groups is 1. The molecule has 84 valence electrons. The van der Waals surface area contributed by atoms with Crippen molar-refractivity contribution < 1.29 is 13.5 Å². The van der Waals surface area contributed by atoms with Crippen molar-refractivity contribution >= 4 is 21.6 Å². The second-order valence-electron chi connectivity index (χ2n) is 3.63. The van der Waals surface area contributed by atoms with E-state index in [2.05, 4.69) is 4.72 Å². The highest BCUT2D eigenvalue weighted by atomic mass is 35.5. The summed E-state index contributed by atoms with van der Waals surface area (Å²) >= 11 is 5.37. The van der Waals surface area contributed by atoms with Gasteiger partial charge in [-0.1, -0.05) is 0 Å². The smallest absolute Gasteiger partial charge is 0.213 e. The highest BCUT2D eigenvalue weighted by Crippen LogP contribution is 2.18. The normalized spacial score (nSPS) is 29.0. The van der Waals surface area contributed by atoms with Crippen LogP contribution >= 0.6 is 11.6 Å². The van der Waals surface area contributed by atoms with Gasteiger partial charge >= 0.3 is 0 Å². The van der Waals surface area contributed by atoms with Gasteiger partial charge in [0.2, 0.25) is 10.0 Å². The van der Waals surface area contributed by atoms with Gasteiger partial charge in [-0.25, -0.2) is 13.1 Å². The van der Waals surface area contributed by atoms with E-state index in [1.54, 1.807) is 0 Å². The molecule has 4 nitrogen and oxygen atoms in total. The van der Waals surface area contributed by atoms with Crippen molar-refractivity contribution in [1.29, 1.82) is 0 Å². The monoisotopic (exact) mass is 241 g/mol. The van der Waals surface area contributed by atoms with E-state index in [9.17, 15) is 13.5 Å². The van der Waals surface area contributed by atoms with Crippen LogP contribution in [0.25, 0.3) is 0 Å². The van der Waals surface area contributed by atoms with Crippen molar-refractivity contribution in [3.05, 3.63) is 0 Å². The van der Waals surface area contributed by atoms with Gasteiger partial charge in [0.25, 0.3) is 0 Å². The van der Waals surface area contributed by atoms with E-state index in [0.29, 0.717) is 25.7 Å². The molecule has 0 spiro atoms. The van der Waals surface area contributed by atoms with Gasteiger partial charge in [-0.05, 0) is 25.7 Å². The minimum atomic E-state index is -3.21. The summed E-state index contributed by atoms with van der Waals surface area (Å²) in [5, 5.41) is 9.23. The maximum Gasteiger partial charge on any atom is 0.213 e. The predicted molar refractivity (Wildman–Crippen MR) is 55.9 cm³/mol. The van der Waals surface area contributed by atoms with E-state index in [-0.39, 0.29) is 23.8 Å². The molecule has 1 aliphatic rings. The zero-order valence-corrected chi connectivity index (χ0v) is 9.52. The highest BCUT2D eigenvalue weighted by Gasteiger charge is 2.23. The summed E-state index contributed by atoms with van der Waals surface area (Å²) in [4.78, 5) is 0. The SMILES string of the molecule is O=S(=O)(CCCl)NC1CCC(O)CC1. The minimum absolute atomic E-state index is 0.0217. The van der Waals surface area contributed by atoms with E-state index >= 15 is 0 Å². The number of nitrogens with one attached hydrogen (secondary N) is 1. The molecule has 0 bridgehead atoms. The van der Waals surface area contributed by atoms with Crippen LogP contribution in [0.1, 0.15) is 25.7 Å². The third-order valence-electron chi connectivity index (χ3n) is 2.39. The van der Waals surface area contributed by atoms with Crippen LogP contribution in [0, 0.1) is 0 Å². The fourth-order valence-electron chi connectivity index (χ4n) is 1.61. The van der Waals surface area contributed by atoms with Crippen LogP contribution in [-0.4, -0.2) is 37.3 Å². The van der Waals surface area contributed by atoms with Crippen LogP contribution in [0.15, 0.2) is 0 Å².